The molecule has 0 fully saturated rings. The molecule has 2 rings (SSSR count). The lowest BCUT2D eigenvalue weighted by Crippen LogP contribution is -2.21. The normalized spacial score (nSPS) is 13.6. The maximum atomic E-state index is 7.00. The average molecular weight is 272 g/mol. The van der Waals surface area contributed by atoms with Crippen LogP contribution in [0.3, 0.4) is 0 Å². The van der Waals surface area contributed by atoms with Crippen molar-refractivity contribution in [3.8, 4) is 0 Å². The molecular formula is C18H28N2. The Hall–Kier alpha value is -1.57. The first-order chi connectivity index (χ1) is 9.47. The molecular weight excluding hydrogens is 244 g/mol. The number of para-hydroxylation sites is 1. The van der Waals surface area contributed by atoms with Gasteiger partial charge in [0.1, 0.15) is 0 Å². The van der Waals surface area contributed by atoms with Gasteiger partial charge in [0.15, 0.2) is 0 Å². The van der Waals surface area contributed by atoms with Crippen molar-refractivity contribution in [3.63, 3.8) is 0 Å². The lowest BCUT2D eigenvalue weighted by molar-refractivity contribution is 0.830. The van der Waals surface area contributed by atoms with Crippen molar-refractivity contribution in [1.29, 1.82) is 5.41 Å². The Morgan fingerprint density at radius 3 is 2.45 bits per heavy atom. The van der Waals surface area contributed by atoms with Crippen LogP contribution in [0.4, 0.5) is 5.69 Å². The molecule has 1 aliphatic heterocycles. The maximum Gasteiger partial charge on any atom is 0.0441 e. The Morgan fingerprint density at radius 1 is 1.25 bits per heavy atom. The van der Waals surface area contributed by atoms with Gasteiger partial charge in [-0.05, 0) is 57.2 Å². The van der Waals surface area contributed by atoms with E-state index in [4.69, 9.17) is 5.41 Å². The molecule has 110 valence electrons. The standard InChI is InChI=1S/C12H15N.C6H13N/c1-9-8-11-6-4-5-7-12(11)13(3)10(9)2;1-3-4-5-6(2)7/h4-7H,8H2,1-3H3;7H,3-5H2,1-2H3. The average Bonchev–Trinajstić information content (AvgIpc) is 2.43. The summed E-state index contributed by atoms with van der Waals surface area (Å²) in [5, 5.41) is 7.00. The summed E-state index contributed by atoms with van der Waals surface area (Å²) in [7, 11) is 2.14. The summed E-state index contributed by atoms with van der Waals surface area (Å²) in [6, 6.07) is 8.61. The molecule has 0 spiro atoms. The van der Waals surface area contributed by atoms with Crippen molar-refractivity contribution in [2.45, 2.75) is 53.4 Å². The van der Waals surface area contributed by atoms with Crippen molar-refractivity contribution in [3.05, 3.63) is 41.1 Å². The summed E-state index contributed by atoms with van der Waals surface area (Å²) < 4.78 is 0. The monoisotopic (exact) mass is 272 g/mol. The minimum Gasteiger partial charge on any atom is -0.348 e. The molecule has 1 N–H and O–H groups in total. The smallest absolute Gasteiger partial charge is 0.0441 e. The second kappa shape index (κ2) is 7.88. The Balaban J connectivity index is 0.000000246. The van der Waals surface area contributed by atoms with Crippen LogP contribution in [0.1, 0.15) is 52.5 Å². The second-order valence-electron chi connectivity index (χ2n) is 5.61. The van der Waals surface area contributed by atoms with Crippen LogP contribution in [0, 0.1) is 5.41 Å². The third-order valence-corrected chi connectivity index (χ3v) is 3.83. The third kappa shape index (κ3) is 4.52. The van der Waals surface area contributed by atoms with Gasteiger partial charge in [-0.15, -0.1) is 0 Å². The summed E-state index contributed by atoms with van der Waals surface area (Å²) in [5.41, 5.74) is 6.46. The van der Waals surface area contributed by atoms with Gasteiger partial charge < -0.3 is 10.3 Å². The molecule has 2 heteroatoms. The minimum atomic E-state index is 0.807. The first kappa shape index (κ1) is 16.5. The van der Waals surface area contributed by atoms with Gasteiger partial charge in [0, 0.05) is 24.1 Å². The Kier molecular flexibility index (Phi) is 6.50. The molecule has 0 amide bonds. The molecule has 1 aromatic rings. The molecule has 0 unspecified atom stereocenters. The zero-order valence-electron chi connectivity index (χ0n) is 13.6. The van der Waals surface area contributed by atoms with E-state index in [0.717, 1.165) is 18.6 Å². The van der Waals surface area contributed by atoms with Gasteiger partial charge in [-0.3, -0.25) is 0 Å². The summed E-state index contributed by atoms with van der Waals surface area (Å²) in [6.45, 7) is 8.39. The summed E-state index contributed by atoms with van der Waals surface area (Å²) in [5.74, 6) is 0. The lowest BCUT2D eigenvalue weighted by atomic mass is 9.98. The minimum absolute atomic E-state index is 0.807. The van der Waals surface area contributed by atoms with E-state index in [0.29, 0.717) is 0 Å². The van der Waals surface area contributed by atoms with Crippen LogP contribution < -0.4 is 4.90 Å². The van der Waals surface area contributed by atoms with Crippen LogP contribution in [0.5, 0.6) is 0 Å². The third-order valence-electron chi connectivity index (χ3n) is 3.83. The highest BCUT2D eigenvalue weighted by Crippen LogP contribution is 2.30. The number of nitrogens with zero attached hydrogens (tertiary/aromatic N) is 1. The largest absolute Gasteiger partial charge is 0.348 e. The summed E-state index contributed by atoms with van der Waals surface area (Å²) in [4.78, 5) is 2.27. The van der Waals surface area contributed by atoms with E-state index in [1.165, 1.54) is 35.4 Å². The molecule has 0 saturated heterocycles. The predicted octanol–water partition coefficient (Wildman–Crippen LogP) is 5.19. The van der Waals surface area contributed by atoms with E-state index < -0.39 is 0 Å². The molecule has 1 aromatic carbocycles. The number of benzene rings is 1. The van der Waals surface area contributed by atoms with Crippen molar-refractivity contribution in [2.24, 2.45) is 0 Å². The Labute approximate surface area is 124 Å². The number of rotatable bonds is 3. The molecule has 0 saturated carbocycles. The quantitative estimate of drug-likeness (QED) is 0.753. The molecule has 0 aliphatic carbocycles. The fraction of sp³-hybridized carbons (Fsp3) is 0.500. The number of hydrogen-bond acceptors (Lipinski definition) is 2. The van der Waals surface area contributed by atoms with E-state index in [9.17, 15) is 0 Å². The first-order valence-corrected chi connectivity index (χ1v) is 7.49. The van der Waals surface area contributed by atoms with Crippen LogP contribution >= 0.6 is 0 Å². The van der Waals surface area contributed by atoms with Crippen molar-refractivity contribution < 1.29 is 0 Å². The van der Waals surface area contributed by atoms with Crippen LogP contribution in [-0.4, -0.2) is 12.8 Å². The number of unbranched alkanes of at least 4 members (excludes halogenated alkanes) is 1. The van der Waals surface area contributed by atoms with Crippen LogP contribution in [0.15, 0.2) is 35.5 Å². The second-order valence-corrected chi connectivity index (χ2v) is 5.61. The Morgan fingerprint density at radius 2 is 1.90 bits per heavy atom. The van der Waals surface area contributed by atoms with Gasteiger partial charge in [0.25, 0.3) is 0 Å². The summed E-state index contributed by atoms with van der Waals surface area (Å²) in [6.07, 6.45) is 4.47. The van der Waals surface area contributed by atoms with Crippen LogP contribution in [0.25, 0.3) is 0 Å². The number of allylic oxidation sites excluding steroid dienone is 2. The van der Waals surface area contributed by atoms with Gasteiger partial charge >= 0.3 is 0 Å². The number of nitrogens with one attached hydrogen (secondary N) is 1. The molecule has 1 heterocycles. The zero-order valence-corrected chi connectivity index (χ0v) is 13.6. The highest BCUT2D eigenvalue weighted by molar-refractivity contribution is 5.78. The van der Waals surface area contributed by atoms with Gasteiger partial charge in [0.2, 0.25) is 0 Å². The van der Waals surface area contributed by atoms with Gasteiger partial charge in [-0.1, -0.05) is 31.5 Å². The van der Waals surface area contributed by atoms with E-state index in [-0.39, 0.29) is 0 Å². The number of hydrogen-bond donors (Lipinski definition) is 1. The fourth-order valence-electron chi connectivity index (χ4n) is 2.31. The van der Waals surface area contributed by atoms with Gasteiger partial charge in [-0.25, -0.2) is 0 Å². The highest BCUT2D eigenvalue weighted by atomic mass is 15.1. The predicted molar refractivity (Wildman–Crippen MR) is 89.8 cm³/mol. The van der Waals surface area contributed by atoms with Crippen molar-refractivity contribution in [1.82, 2.24) is 0 Å². The molecule has 0 radical (unpaired) electrons. The topological polar surface area (TPSA) is 27.1 Å². The number of anilines is 1. The van der Waals surface area contributed by atoms with E-state index in [1.54, 1.807) is 0 Å². The van der Waals surface area contributed by atoms with Gasteiger partial charge in [0.05, 0.1) is 0 Å². The Bertz CT molecular complexity index is 486. The maximum absolute atomic E-state index is 7.00. The highest BCUT2D eigenvalue weighted by Gasteiger charge is 2.15. The lowest BCUT2D eigenvalue weighted by Gasteiger charge is -2.29. The first-order valence-electron chi connectivity index (χ1n) is 7.49. The summed E-state index contributed by atoms with van der Waals surface area (Å²) >= 11 is 0. The van der Waals surface area contributed by atoms with Crippen molar-refractivity contribution in [2.75, 3.05) is 11.9 Å². The van der Waals surface area contributed by atoms with E-state index in [2.05, 4.69) is 57.0 Å². The molecule has 1 aliphatic rings. The molecule has 2 nitrogen and oxygen atoms in total. The SMILES string of the molecule is CC1=C(C)N(C)c2ccccc2C1.CCCCC(C)=N. The van der Waals surface area contributed by atoms with E-state index >= 15 is 0 Å². The van der Waals surface area contributed by atoms with Crippen LogP contribution in [0.2, 0.25) is 0 Å². The van der Waals surface area contributed by atoms with Crippen LogP contribution in [-0.2, 0) is 6.42 Å². The van der Waals surface area contributed by atoms with E-state index in [1.807, 2.05) is 6.92 Å². The van der Waals surface area contributed by atoms with Gasteiger partial charge in [-0.2, -0.15) is 0 Å². The molecule has 0 atom stereocenters. The van der Waals surface area contributed by atoms with Crippen molar-refractivity contribution >= 4 is 11.4 Å². The molecule has 0 aromatic heterocycles. The zero-order chi connectivity index (χ0) is 15.1. The molecule has 20 heavy (non-hydrogen) atoms. The fourth-order valence-corrected chi connectivity index (χ4v) is 2.31. The number of fused-ring (bicyclic) bond motifs is 1. The molecule has 0 bridgehead atoms.